The standard InChI is InChI=1S/C16H17N3O5S/c1-18-6-7-19-10-13(9-14(19)15(18)20)25(22,23)17-12-5-3-4-11(8-12)16(21)24-2/h3-5,8-10,17H,6-7H2,1-2H3. The van der Waals surface area contributed by atoms with Crippen LogP contribution in [0.1, 0.15) is 20.8 Å². The minimum atomic E-state index is -3.89. The van der Waals surface area contributed by atoms with Crippen LogP contribution in [0.25, 0.3) is 0 Å². The quantitative estimate of drug-likeness (QED) is 0.822. The third-order valence-electron chi connectivity index (χ3n) is 3.96. The van der Waals surface area contributed by atoms with Crippen molar-refractivity contribution in [3.8, 4) is 0 Å². The number of nitrogens with zero attached hydrogens (tertiary/aromatic N) is 2. The molecule has 132 valence electrons. The highest BCUT2D eigenvalue weighted by Gasteiger charge is 2.26. The number of esters is 1. The summed E-state index contributed by atoms with van der Waals surface area (Å²) in [5.74, 6) is -0.783. The minimum Gasteiger partial charge on any atom is -0.465 e. The molecule has 0 saturated carbocycles. The van der Waals surface area contributed by atoms with Crippen LogP contribution in [0.4, 0.5) is 5.69 Å². The molecule has 0 saturated heterocycles. The van der Waals surface area contributed by atoms with Gasteiger partial charge in [0.25, 0.3) is 15.9 Å². The molecule has 0 unspecified atom stereocenters. The molecule has 8 nitrogen and oxygen atoms in total. The molecule has 1 N–H and O–H groups in total. The Morgan fingerprint density at radius 3 is 2.72 bits per heavy atom. The van der Waals surface area contributed by atoms with Crippen LogP contribution in [0.2, 0.25) is 0 Å². The Hall–Kier alpha value is -2.81. The predicted molar refractivity (Wildman–Crippen MR) is 90.0 cm³/mol. The lowest BCUT2D eigenvalue weighted by molar-refractivity contribution is 0.0600. The van der Waals surface area contributed by atoms with Gasteiger partial charge in [0.1, 0.15) is 10.6 Å². The number of amides is 1. The fourth-order valence-electron chi connectivity index (χ4n) is 2.59. The first-order valence-electron chi connectivity index (χ1n) is 7.48. The first-order valence-corrected chi connectivity index (χ1v) is 8.97. The Bertz CT molecular complexity index is 948. The van der Waals surface area contributed by atoms with E-state index in [-0.39, 0.29) is 22.1 Å². The van der Waals surface area contributed by atoms with Gasteiger partial charge in [-0.2, -0.15) is 0 Å². The van der Waals surface area contributed by atoms with Crippen LogP contribution in [0.5, 0.6) is 0 Å². The van der Waals surface area contributed by atoms with Gasteiger partial charge >= 0.3 is 5.97 Å². The third kappa shape index (κ3) is 3.22. The molecule has 1 amide bonds. The molecule has 25 heavy (non-hydrogen) atoms. The van der Waals surface area contributed by atoms with Crippen LogP contribution >= 0.6 is 0 Å². The highest BCUT2D eigenvalue weighted by Crippen LogP contribution is 2.22. The number of nitrogens with one attached hydrogen (secondary N) is 1. The number of carbonyl (C=O) groups is 2. The molecule has 0 bridgehead atoms. The molecule has 0 aliphatic carbocycles. The van der Waals surface area contributed by atoms with Crippen molar-refractivity contribution in [3.05, 3.63) is 47.8 Å². The van der Waals surface area contributed by atoms with Crippen molar-refractivity contribution in [3.63, 3.8) is 0 Å². The lowest BCUT2D eigenvalue weighted by Gasteiger charge is -2.23. The van der Waals surface area contributed by atoms with Crippen LogP contribution in [-0.4, -0.2) is 50.5 Å². The van der Waals surface area contributed by atoms with Crippen LogP contribution in [0, 0.1) is 0 Å². The number of fused-ring (bicyclic) bond motifs is 1. The first-order chi connectivity index (χ1) is 11.8. The average Bonchev–Trinajstić information content (AvgIpc) is 3.03. The molecular weight excluding hydrogens is 346 g/mol. The largest absolute Gasteiger partial charge is 0.465 e. The van der Waals surface area contributed by atoms with E-state index in [1.807, 2.05) is 0 Å². The van der Waals surface area contributed by atoms with Gasteiger partial charge < -0.3 is 14.2 Å². The van der Waals surface area contributed by atoms with Gasteiger partial charge in [-0.1, -0.05) is 6.07 Å². The summed E-state index contributed by atoms with van der Waals surface area (Å²) < 4.78 is 33.8. The van der Waals surface area contributed by atoms with Gasteiger partial charge in [0.15, 0.2) is 0 Å². The number of hydrogen-bond acceptors (Lipinski definition) is 5. The summed E-state index contributed by atoms with van der Waals surface area (Å²) in [6.07, 6.45) is 1.44. The van der Waals surface area contributed by atoms with E-state index in [4.69, 9.17) is 0 Å². The van der Waals surface area contributed by atoms with E-state index in [2.05, 4.69) is 9.46 Å². The number of methoxy groups -OCH3 is 1. The fourth-order valence-corrected chi connectivity index (χ4v) is 3.68. The number of anilines is 1. The summed E-state index contributed by atoms with van der Waals surface area (Å²) in [5, 5.41) is 0. The Labute approximate surface area is 145 Å². The smallest absolute Gasteiger partial charge is 0.337 e. The van der Waals surface area contributed by atoms with Gasteiger partial charge in [-0.05, 0) is 24.3 Å². The van der Waals surface area contributed by atoms with E-state index in [0.29, 0.717) is 18.8 Å². The maximum atomic E-state index is 12.6. The summed E-state index contributed by atoms with van der Waals surface area (Å²) in [6, 6.07) is 7.34. The highest BCUT2D eigenvalue weighted by atomic mass is 32.2. The normalized spacial score (nSPS) is 14.2. The topological polar surface area (TPSA) is 97.7 Å². The van der Waals surface area contributed by atoms with Gasteiger partial charge in [-0.25, -0.2) is 13.2 Å². The number of carbonyl (C=O) groups excluding carboxylic acids is 2. The summed E-state index contributed by atoms with van der Waals surface area (Å²) in [6.45, 7) is 1.06. The zero-order valence-corrected chi connectivity index (χ0v) is 14.5. The number of rotatable bonds is 4. The summed E-state index contributed by atoms with van der Waals surface area (Å²) in [7, 11) is -0.972. The zero-order valence-electron chi connectivity index (χ0n) is 13.7. The van der Waals surface area contributed by atoms with Crippen molar-refractivity contribution < 1.29 is 22.7 Å². The Balaban J connectivity index is 1.90. The van der Waals surface area contributed by atoms with Crippen LogP contribution in [-0.2, 0) is 21.3 Å². The number of aromatic nitrogens is 1. The van der Waals surface area contributed by atoms with Crippen LogP contribution < -0.4 is 4.72 Å². The number of hydrogen-bond donors (Lipinski definition) is 1. The summed E-state index contributed by atoms with van der Waals surface area (Å²) in [5.41, 5.74) is 0.795. The van der Waals surface area contributed by atoms with E-state index in [9.17, 15) is 18.0 Å². The molecule has 9 heteroatoms. The number of ether oxygens (including phenoxy) is 1. The molecule has 3 rings (SSSR count). The van der Waals surface area contributed by atoms with E-state index in [1.54, 1.807) is 22.6 Å². The predicted octanol–water partition coefficient (Wildman–Crippen LogP) is 1.16. The van der Waals surface area contributed by atoms with E-state index in [0.717, 1.165) is 0 Å². The molecule has 0 radical (unpaired) electrons. The van der Waals surface area contributed by atoms with Gasteiger partial charge in [0.2, 0.25) is 0 Å². The Morgan fingerprint density at radius 1 is 1.24 bits per heavy atom. The average molecular weight is 363 g/mol. The maximum Gasteiger partial charge on any atom is 0.337 e. The summed E-state index contributed by atoms with van der Waals surface area (Å²) in [4.78, 5) is 25.2. The molecule has 0 atom stereocenters. The number of sulfonamides is 1. The molecular formula is C16H17N3O5S. The van der Waals surface area contributed by atoms with Crippen molar-refractivity contribution in [1.29, 1.82) is 0 Å². The lowest BCUT2D eigenvalue weighted by atomic mass is 10.2. The Kier molecular flexibility index (Phi) is 4.25. The van der Waals surface area contributed by atoms with Gasteiger partial charge in [-0.15, -0.1) is 0 Å². The van der Waals surface area contributed by atoms with Gasteiger partial charge in [0.05, 0.1) is 12.7 Å². The SMILES string of the molecule is COC(=O)c1cccc(NS(=O)(=O)c2cc3n(c2)CCN(C)C3=O)c1. The van der Waals surface area contributed by atoms with E-state index < -0.39 is 16.0 Å². The van der Waals surface area contributed by atoms with E-state index >= 15 is 0 Å². The lowest BCUT2D eigenvalue weighted by Crippen LogP contribution is -2.36. The molecule has 1 aliphatic rings. The van der Waals surface area contributed by atoms with Crippen molar-refractivity contribution in [2.45, 2.75) is 11.4 Å². The van der Waals surface area contributed by atoms with Crippen molar-refractivity contribution >= 4 is 27.6 Å². The van der Waals surface area contributed by atoms with Crippen LogP contribution in [0.3, 0.4) is 0 Å². The third-order valence-corrected chi connectivity index (χ3v) is 5.31. The minimum absolute atomic E-state index is 0.00498. The molecule has 0 spiro atoms. The highest BCUT2D eigenvalue weighted by molar-refractivity contribution is 7.92. The second-order valence-corrected chi connectivity index (χ2v) is 7.34. The zero-order chi connectivity index (χ0) is 18.2. The number of benzene rings is 1. The Morgan fingerprint density at radius 2 is 2.00 bits per heavy atom. The van der Waals surface area contributed by atoms with E-state index in [1.165, 1.54) is 37.6 Å². The van der Waals surface area contributed by atoms with Crippen molar-refractivity contribution in [2.75, 3.05) is 25.4 Å². The van der Waals surface area contributed by atoms with Crippen molar-refractivity contribution in [1.82, 2.24) is 9.47 Å². The molecule has 0 fully saturated rings. The second kappa shape index (κ2) is 6.25. The first kappa shape index (κ1) is 17.0. The van der Waals surface area contributed by atoms with Crippen LogP contribution in [0.15, 0.2) is 41.4 Å². The fraction of sp³-hybridized carbons (Fsp3) is 0.250. The maximum absolute atomic E-state index is 12.6. The number of likely N-dealkylation sites (N-methyl/N-ethyl adjacent to an activating group) is 1. The molecule has 1 aliphatic heterocycles. The van der Waals surface area contributed by atoms with Gasteiger partial charge in [-0.3, -0.25) is 9.52 Å². The van der Waals surface area contributed by atoms with Gasteiger partial charge in [0, 0.05) is 32.0 Å². The molecule has 2 aromatic rings. The molecule has 1 aromatic carbocycles. The molecule has 2 heterocycles. The second-order valence-electron chi connectivity index (χ2n) is 5.66. The summed E-state index contributed by atoms with van der Waals surface area (Å²) >= 11 is 0. The van der Waals surface area contributed by atoms with Crippen molar-refractivity contribution in [2.24, 2.45) is 0 Å². The molecule has 1 aromatic heterocycles. The monoisotopic (exact) mass is 363 g/mol.